The molecule has 0 aliphatic rings. The van der Waals surface area contributed by atoms with Crippen LogP contribution in [0.4, 0.5) is 0 Å². The van der Waals surface area contributed by atoms with Crippen LogP contribution in [0.25, 0.3) is 0 Å². The second kappa shape index (κ2) is 65.6. The highest BCUT2D eigenvalue weighted by Crippen LogP contribution is 2.18. The van der Waals surface area contributed by atoms with Crippen molar-refractivity contribution >= 4 is 17.9 Å². The smallest absolute Gasteiger partial charge is 0.306 e. The lowest BCUT2D eigenvalue weighted by molar-refractivity contribution is -0.167. The van der Waals surface area contributed by atoms with Crippen LogP contribution in [0.3, 0.4) is 0 Å². The minimum atomic E-state index is -0.768. The van der Waals surface area contributed by atoms with Crippen LogP contribution >= 0.6 is 0 Å². The van der Waals surface area contributed by atoms with Crippen molar-refractivity contribution in [2.75, 3.05) is 13.2 Å². The van der Waals surface area contributed by atoms with Crippen LogP contribution in [-0.4, -0.2) is 37.2 Å². The van der Waals surface area contributed by atoms with Crippen LogP contribution < -0.4 is 0 Å². The molecule has 0 aromatic heterocycles. The molecule has 0 aliphatic carbocycles. The number of esters is 3. The highest BCUT2D eigenvalue weighted by atomic mass is 16.6. The first-order chi connectivity index (χ1) is 38.0. The van der Waals surface area contributed by atoms with E-state index in [0.29, 0.717) is 19.3 Å². The van der Waals surface area contributed by atoms with E-state index in [9.17, 15) is 14.4 Å². The van der Waals surface area contributed by atoms with Gasteiger partial charge in [-0.1, -0.05) is 332 Å². The van der Waals surface area contributed by atoms with Crippen LogP contribution in [0.15, 0.2) is 60.8 Å². The van der Waals surface area contributed by atoms with Gasteiger partial charge in [0.05, 0.1) is 0 Å². The van der Waals surface area contributed by atoms with Crippen molar-refractivity contribution in [2.45, 2.75) is 361 Å². The van der Waals surface area contributed by atoms with Gasteiger partial charge in [0, 0.05) is 19.3 Å². The highest BCUT2D eigenvalue weighted by molar-refractivity contribution is 5.71. The lowest BCUT2D eigenvalue weighted by atomic mass is 10.0. The fraction of sp³-hybridized carbons (Fsp3) is 0.817. The predicted molar refractivity (Wildman–Crippen MR) is 335 cm³/mol. The number of hydrogen-bond donors (Lipinski definition) is 0. The number of rotatable bonds is 62. The van der Waals surface area contributed by atoms with E-state index in [2.05, 4.69) is 81.5 Å². The summed E-state index contributed by atoms with van der Waals surface area (Å²) in [5.41, 5.74) is 0. The predicted octanol–water partition coefficient (Wildman–Crippen LogP) is 23.1. The number of ether oxygens (including phenoxy) is 3. The summed E-state index contributed by atoms with van der Waals surface area (Å²) in [6.07, 6.45) is 83.9. The maximum Gasteiger partial charge on any atom is 0.306 e. The molecule has 0 bridgehead atoms. The molecule has 0 saturated heterocycles. The SMILES string of the molecule is CC/C=C\C/C=C\C/C=C\C/C=C\C/C=C\CCCCCCCCCCCCCCCCCCCC(=O)OCC(COC(=O)CCCCCCCCCCCCCC)OC(=O)CCCCCCCCCCCCCCCC. The van der Waals surface area contributed by atoms with Gasteiger partial charge in [-0.15, -0.1) is 0 Å². The minimum Gasteiger partial charge on any atom is -0.462 e. The largest absolute Gasteiger partial charge is 0.462 e. The Morgan fingerprint density at radius 3 is 0.792 bits per heavy atom. The van der Waals surface area contributed by atoms with E-state index < -0.39 is 6.10 Å². The Hall–Kier alpha value is -2.89. The molecule has 448 valence electrons. The molecule has 1 atom stereocenters. The first-order valence-corrected chi connectivity index (χ1v) is 33.8. The third-order valence-corrected chi connectivity index (χ3v) is 15.0. The van der Waals surface area contributed by atoms with Gasteiger partial charge >= 0.3 is 17.9 Å². The molecular formula is C71H128O6. The summed E-state index contributed by atoms with van der Waals surface area (Å²) in [6.45, 7) is 6.57. The van der Waals surface area contributed by atoms with Crippen molar-refractivity contribution in [2.24, 2.45) is 0 Å². The lowest BCUT2D eigenvalue weighted by Crippen LogP contribution is -2.30. The molecule has 0 aromatic rings. The molecule has 6 nitrogen and oxygen atoms in total. The Morgan fingerprint density at radius 1 is 0.273 bits per heavy atom. The monoisotopic (exact) mass is 1080 g/mol. The molecule has 0 radical (unpaired) electrons. The third-order valence-electron chi connectivity index (χ3n) is 15.0. The van der Waals surface area contributed by atoms with Crippen LogP contribution in [-0.2, 0) is 28.6 Å². The van der Waals surface area contributed by atoms with Gasteiger partial charge in [0.1, 0.15) is 13.2 Å². The molecule has 0 aliphatic heterocycles. The average molecular weight is 1080 g/mol. The standard InChI is InChI=1S/C71H128O6/c1-4-7-10-13-16-19-22-25-27-28-29-30-31-32-33-34-35-36-37-38-39-40-41-42-43-44-45-47-49-52-55-58-61-64-70(73)76-67-68(66-75-69(72)63-60-57-54-51-48-24-21-18-15-12-9-6-3)77-71(74)65-62-59-56-53-50-46-26-23-20-17-14-11-8-5-2/h7,10,16,19,25,27,29-30,32-33,68H,4-6,8-9,11-15,17-18,20-24,26,28,31,34-67H2,1-3H3/b10-7-,19-16-,27-25-,30-29-,33-32-. The van der Waals surface area contributed by atoms with Crippen LogP contribution in [0.5, 0.6) is 0 Å². The van der Waals surface area contributed by atoms with Gasteiger partial charge in [-0.05, 0) is 64.2 Å². The minimum absolute atomic E-state index is 0.0663. The van der Waals surface area contributed by atoms with E-state index >= 15 is 0 Å². The van der Waals surface area contributed by atoms with Gasteiger partial charge < -0.3 is 14.2 Å². The van der Waals surface area contributed by atoms with E-state index in [4.69, 9.17) is 14.2 Å². The van der Waals surface area contributed by atoms with Gasteiger partial charge in [-0.2, -0.15) is 0 Å². The maximum absolute atomic E-state index is 12.9. The lowest BCUT2D eigenvalue weighted by Gasteiger charge is -2.18. The van der Waals surface area contributed by atoms with Gasteiger partial charge in [0.15, 0.2) is 6.10 Å². The molecule has 0 N–H and O–H groups in total. The molecule has 0 aromatic carbocycles. The summed E-state index contributed by atoms with van der Waals surface area (Å²) in [5, 5.41) is 0. The summed E-state index contributed by atoms with van der Waals surface area (Å²) in [7, 11) is 0. The van der Waals surface area contributed by atoms with Gasteiger partial charge in [-0.3, -0.25) is 14.4 Å². The van der Waals surface area contributed by atoms with Gasteiger partial charge in [-0.25, -0.2) is 0 Å². The van der Waals surface area contributed by atoms with E-state index in [1.807, 2.05) is 0 Å². The van der Waals surface area contributed by atoms with Crippen molar-refractivity contribution in [3.63, 3.8) is 0 Å². The van der Waals surface area contributed by atoms with Crippen LogP contribution in [0.1, 0.15) is 355 Å². The zero-order valence-electron chi connectivity index (χ0n) is 51.5. The van der Waals surface area contributed by atoms with E-state index in [1.165, 1.54) is 225 Å². The van der Waals surface area contributed by atoms with Crippen LogP contribution in [0.2, 0.25) is 0 Å². The second-order valence-corrected chi connectivity index (χ2v) is 22.7. The van der Waals surface area contributed by atoms with E-state index in [1.54, 1.807) is 0 Å². The Labute approximate surface area is 479 Å². The van der Waals surface area contributed by atoms with E-state index in [-0.39, 0.29) is 31.1 Å². The van der Waals surface area contributed by atoms with Gasteiger partial charge in [0.25, 0.3) is 0 Å². The van der Waals surface area contributed by atoms with Crippen LogP contribution in [0, 0.1) is 0 Å². The summed E-state index contributed by atoms with van der Waals surface area (Å²) in [4.78, 5) is 38.3. The summed E-state index contributed by atoms with van der Waals surface area (Å²) < 4.78 is 16.9. The number of unbranched alkanes of at least 4 members (excludes halogenated alkanes) is 41. The highest BCUT2D eigenvalue weighted by Gasteiger charge is 2.19. The molecular weight excluding hydrogens is 949 g/mol. The van der Waals surface area contributed by atoms with Crippen molar-refractivity contribution in [3.05, 3.63) is 60.8 Å². The molecule has 0 rings (SSSR count). The summed E-state index contributed by atoms with van der Waals surface area (Å²) >= 11 is 0. The molecule has 6 heteroatoms. The molecule has 1 unspecified atom stereocenters. The fourth-order valence-electron chi connectivity index (χ4n) is 10.0. The zero-order chi connectivity index (χ0) is 55.7. The Kier molecular flexibility index (Phi) is 63.2. The first-order valence-electron chi connectivity index (χ1n) is 33.8. The van der Waals surface area contributed by atoms with Crippen molar-refractivity contribution in [3.8, 4) is 0 Å². The average Bonchev–Trinajstić information content (AvgIpc) is 3.43. The Balaban J connectivity index is 4.09. The first kappa shape index (κ1) is 74.1. The summed E-state index contributed by atoms with van der Waals surface area (Å²) in [6, 6.07) is 0. The molecule has 0 fully saturated rings. The maximum atomic E-state index is 12.9. The fourth-order valence-corrected chi connectivity index (χ4v) is 10.0. The van der Waals surface area contributed by atoms with Crippen molar-refractivity contribution in [1.82, 2.24) is 0 Å². The molecule has 77 heavy (non-hydrogen) atoms. The molecule has 0 spiro atoms. The number of hydrogen-bond acceptors (Lipinski definition) is 6. The van der Waals surface area contributed by atoms with Crippen molar-refractivity contribution < 1.29 is 28.6 Å². The normalized spacial score (nSPS) is 12.4. The molecule has 0 heterocycles. The topological polar surface area (TPSA) is 78.9 Å². The second-order valence-electron chi connectivity index (χ2n) is 22.7. The quantitative estimate of drug-likeness (QED) is 0.0261. The molecule has 0 saturated carbocycles. The number of allylic oxidation sites excluding steroid dienone is 10. The Morgan fingerprint density at radius 2 is 0.506 bits per heavy atom. The Bertz CT molecular complexity index is 1380. The zero-order valence-corrected chi connectivity index (χ0v) is 51.5. The third kappa shape index (κ3) is 63.8. The summed E-state index contributed by atoms with van der Waals surface area (Å²) in [5.74, 6) is -0.843. The van der Waals surface area contributed by atoms with Crippen molar-refractivity contribution in [1.29, 1.82) is 0 Å². The van der Waals surface area contributed by atoms with Gasteiger partial charge in [0.2, 0.25) is 0 Å². The number of carbonyl (C=O) groups is 3. The number of carbonyl (C=O) groups excluding carboxylic acids is 3. The molecule has 0 amide bonds. The van der Waals surface area contributed by atoms with E-state index in [0.717, 1.165) is 89.9 Å².